The highest BCUT2D eigenvalue weighted by Gasteiger charge is 2.35. The number of carbonyl (C=O) groups is 2. The van der Waals surface area contributed by atoms with Gasteiger partial charge in [-0.05, 0) is 60.2 Å². The predicted octanol–water partition coefficient (Wildman–Crippen LogP) is 7.57. The van der Waals surface area contributed by atoms with Crippen LogP contribution in [0.25, 0.3) is 22.2 Å². The van der Waals surface area contributed by atoms with Crippen molar-refractivity contribution < 1.29 is 24.2 Å². The number of carboxylic acids is 1. The van der Waals surface area contributed by atoms with E-state index in [-0.39, 0.29) is 23.5 Å². The van der Waals surface area contributed by atoms with Crippen LogP contribution in [-0.4, -0.2) is 42.2 Å². The van der Waals surface area contributed by atoms with E-state index in [9.17, 15) is 14.7 Å². The van der Waals surface area contributed by atoms with Crippen LogP contribution in [0.1, 0.15) is 15.9 Å². The lowest BCUT2D eigenvalue weighted by molar-refractivity contribution is -0.138. The maximum absolute atomic E-state index is 14.2. The molecule has 0 aliphatic heterocycles. The van der Waals surface area contributed by atoms with Gasteiger partial charge in [-0.3, -0.25) is 9.69 Å². The summed E-state index contributed by atoms with van der Waals surface area (Å²) < 4.78 is 10.9. The monoisotopic (exact) mass is 600 g/mol. The Balaban J connectivity index is 1.55. The first-order chi connectivity index (χ1) is 20.3. The zero-order valence-corrected chi connectivity index (χ0v) is 24.3. The standard InChI is InChI=1S/C33H26Cl2N2O5/c1-41-28-12-7-13-29(42-2)31(28)32(38)37(22-8-4-3-5-9-22)27(33(39)40)19-20-14-16-25-21(18-20)15-17-26(36-25)30-23(34)10-6-11-24(30)35/h3-18,27H,19H2,1-2H3,(H,39,40). The molecular formula is C33H26Cl2N2O5. The largest absolute Gasteiger partial charge is 0.496 e. The summed E-state index contributed by atoms with van der Waals surface area (Å²) in [7, 11) is 2.89. The van der Waals surface area contributed by atoms with Crippen molar-refractivity contribution in [3.63, 3.8) is 0 Å². The van der Waals surface area contributed by atoms with Crippen LogP contribution in [0.3, 0.4) is 0 Å². The number of carbonyl (C=O) groups excluding carboxylic acids is 1. The fourth-order valence-corrected chi connectivity index (χ4v) is 5.50. The van der Waals surface area contributed by atoms with Gasteiger partial charge in [0.05, 0.1) is 35.5 Å². The van der Waals surface area contributed by atoms with Crippen LogP contribution in [0, 0.1) is 0 Å². The van der Waals surface area contributed by atoms with Crippen molar-refractivity contribution in [2.75, 3.05) is 19.1 Å². The molecule has 0 fully saturated rings. The molecule has 0 aliphatic rings. The Bertz CT molecular complexity index is 1740. The van der Waals surface area contributed by atoms with E-state index in [1.807, 2.05) is 24.3 Å². The third kappa shape index (κ3) is 5.75. The van der Waals surface area contributed by atoms with Gasteiger partial charge >= 0.3 is 5.97 Å². The fraction of sp³-hybridized carbons (Fsp3) is 0.121. The van der Waals surface area contributed by atoms with E-state index in [4.69, 9.17) is 37.7 Å². The fourth-order valence-electron chi connectivity index (χ4n) is 4.91. The molecule has 42 heavy (non-hydrogen) atoms. The minimum Gasteiger partial charge on any atom is -0.496 e. The molecule has 5 aromatic rings. The summed E-state index contributed by atoms with van der Waals surface area (Å²) in [6.07, 6.45) is 0.0292. The molecule has 0 aliphatic carbocycles. The van der Waals surface area contributed by atoms with Gasteiger partial charge in [-0.15, -0.1) is 0 Å². The maximum Gasteiger partial charge on any atom is 0.327 e. The molecule has 0 saturated carbocycles. The zero-order valence-electron chi connectivity index (χ0n) is 22.8. The van der Waals surface area contributed by atoms with Gasteiger partial charge in [0, 0.05) is 23.1 Å². The van der Waals surface area contributed by atoms with E-state index >= 15 is 0 Å². The summed E-state index contributed by atoms with van der Waals surface area (Å²) in [5, 5.41) is 12.2. The first-order valence-electron chi connectivity index (χ1n) is 13.0. The second-order valence-electron chi connectivity index (χ2n) is 9.43. The third-order valence-electron chi connectivity index (χ3n) is 6.89. The summed E-state index contributed by atoms with van der Waals surface area (Å²) in [5.74, 6) is -1.18. The molecule has 1 unspecified atom stereocenters. The van der Waals surface area contributed by atoms with E-state index in [0.29, 0.717) is 38.1 Å². The Labute approximate surface area is 252 Å². The van der Waals surface area contributed by atoms with E-state index in [1.165, 1.54) is 19.1 Å². The Kier molecular flexibility index (Phi) is 8.61. The van der Waals surface area contributed by atoms with Gasteiger partial charge in [0.1, 0.15) is 23.1 Å². The number of nitrogens with zero attached hydrogens (tertiary/aromatic N) is 2. The lowest BCUT2D eigenvalue weighted by Crippen LogP contribution is -2.47. The number of carboxylic acid groups (broad SMARTS) is 1. The number of anilines is 1. The average molecular weight is 601 g/mol. The summed E-state index contributed by atoms with van der Waals surface area (Å²) in [6, 6.07) is 26.9. The number of aliphatic carboxylic acids is 1. The molecule has 212 valence electrons. The molecule has 1 atom stereocenters. The average Bonchev–Trinajstić information content (AvgIpc) is 3.00. The molecule has 1 N–H and O–H groups in total. The van der Waals surface area contributed by atoms with Crippen LogP contribution >= 0.6 is 23.2 Å². The molecule has 0 radical (unpaired) electrons. The number of amides is 1. The second-order valence-corrected chi connectivity index (χ2v) is 10.2. The minimum atomic E-state index is -1.25. The van der Waals surface area contributed by atoms with Gasteiger partial charge in [-0.2, -0.15) is 0 Å². The second kappa shape index (κ2) is 12.5. The number of rotatable bonds is 9. The predicted molar refractivity (Wildman–Crippen MR) is 165 cm³/mol. The molecule has 0 spiro atoms. The SMILES string of the molecule is COc1cccc(OC)c1C(=O)N(c1ccccc1)C(Cc1ccc2nc(-c3c(Cl)cccc3Cl)ccc2c1)C(=O)O. The van der Waals surface area contributed by atoms with Gasteiger partial charge in [0.15, 0.2) is 0 Å². The summed E-state index contributed by atoms with van der Waals surface area (Å²) in [4.78, 5) is 33.0. The van der Waals surface area contributed by atoms with E-state index in [1.54, 1.807) is 72.8 Å². The van der Waals surface area contributed by atoms with Crippen molar-refractivity contribution in [1.82, 2.24) is 4.98 Å². The number of hydrogen-bond acceptors (Lipinski definition) is 5. The van der Waals surface area contributed by atoms with Gasteiger partial charge < -0.3 is 14.6 Å². The number of ether oxygens (including phenoxy) is 2. The number of fused-ring (bicyclic) bond motifs is 1. The topological polar surface area (TPSA) is 89.0 Å². The Hall–Kier alpha value is -4.59. The number of hydrogen-bond donors (Lipinski definition) is 1. The van der Waals surface area contributed by atoms with E-state index < -0.39 is 17.9 Å². The lowest BCUT2D eigenvalue weighted by Gasteiger charge is -2.30. The quantitative estimate of drug-likeness (QED) is 0.188. The van der Waals surface area contributed by atoms with Crippen molar-refractivity contribution in [2.45, 2.75) is 12.5 Å². The number of methoxy groups -OCH3 is 2. The van der Waals surface area contributed by atoms with Crippen LogP contribution in [-0.2, 0) is 11.2 Å². The van der Waals surface area contributed by atoms with Crippen LogP contribution in [0.4, 0.5) is 5.69 Å². The van der Waals surface area contributed by atoms with Crippen molar-refractivity contribution in [3.8, 4) is 22.8 Å². The summed E-state index contributed by atoms with van der Waals surface area (Å²) in [5.41, 5.74) is 3.22. The van der Waals surface area contributed by atoms with Crippen molar-refractivity contribution >= 4 is 51.7 Å². The van der Waals surface area contributed by atoms with E-state index in [0.717, 1.165) is 5.39 Å². The summed E-state index contributed by atoms with van der Waals surface area (Å²) >= 11 is 12.8. The van der Waals surface area contributed by atoms with Gasteiger partial charge in [-0.25, -0.2) is 9.78 Å². The Morgan fingerprint density at radius 3 is 2.10 bits per heavy atom. The highest BCUT2D eigenvalue weighted by atomic mass is 35.5. The molecule has 1 aromatic heterocycles. The van der Waals surface area contributed by atoms with Gasteiger partial charge in [0.2, 0.25) is 0 Å². The Morgan fingerprint density at radius 2 is 1.48 bits per heavy atom. The molecule has 4 aromatic carbocycles. The molecule has 0 bridgehead atoms. The first kappa shape index (κ1) is 28.9. The molecule has 0 saturated heterocycles. The zero-order chi connectivity index (χ0) is 29.8. The highest BCUT2D eigenvalue weighted by Crippen LogP contribution is 2.35. The normalized spacial score (nSPS) is 11.6. The van der Waals surface area contributed by atoms with Gasteiger partial charge in [-0.1, -0.05) is 65.7 Å². The van der Waals surface area contributed by atoms with Crippen molar-refractivity contribution in [1.29, 1.82) is 0 Å². The van der Waals surface area contributed by atoms with E-state index in [2.05, 4.69) is 0 Å². The number of para-hydroxylation sites is 1. The van der Waals surface area contributed by atoms with Crippen LogP contribution < -0.4 is 14.4 Å². The molecular weight excluding hydrogens is 575 g/mol. The molecule has 7 nitrogen and oxygen atoms in total. The van der Waals surface area contributed by atoms with Crippen LogP contribution in [0.15, 0.2) is 97.1 Å². The molecule has 1 heterocycles. The van der Waals surface area contributed by atoms with Gasteiger partial charge in [0.25, 0.3) is 5.91 Å². The first-order valence-corrected chi connectivity index (χ1v) is 13.7. The lowest BCUT2D eigenvalue weighted by atomic mass is 10.00. The van der Waals surface area contributed by atoms with Crippen LogP contribution in [0.2, 0.25) is 10.0 Å². The highest BCUT2D eigenvalue weighted by molar-refractivity contribution is 6.39. The van der Waals surface area contributed by atoms with Crippen molar-refractivity contribution in [2.24, 2.45) is 0 Å². The van der Waals surface area contributed by atoms with Crippen molar-refractivity contribution in [3.05, 3.63) is 118 Å². The molecule has 5 rings (SSSR count). The number of aromatic nitrogens is 1. The molecule has 9 heteroatoms. The minimum absolute atomic E-state index is 0.0292. The molecule has 1 amide bonds. The smallest absolute Gasteiger partial charge is 0.327 e. The number of benzene rings is 4. The Morgan fingerprint density at radius 1 is 0.833 bits per heavy atom. The van der Waals surface area contributed by atoms with Crippen LogP contribution in [0.5, 0.6) is 11.5 Å². The summed E-state index contributed by atoms with van der Waals surface area (Å²) in [6.45, 7) is 0. The number of halogens is 2. The maximum atomic E-state index is 14.2. The third-order valence-corrected chi connectivity index (χ3v) is 7.52. The number of pyridine rings is 1.